The fraction of sp³-hybridized carbons (Fsp3) is 0.875. The molecular weight excluding hydrogens is 190 g/mol. The van der Waals surface area contributed by atoms with Crippen molar-refractivity contribution in [2.75, 3.05) is 0 Å². The summed E-state index contributed by atoms with van der Waals surface area (Å²) in [5.41, 5.74) is 0. The molecule has 0 aliphatic heterocycles. The van der Waals surface area contributed by atoms with Gasteiger partial charge in [-0.2, -0.15) is 0 Å². The van der Waals surface area contributed by atoms with Crippen LogP contribution in [0.5, 0.6) is 0 Å². The third kappa shape index (κ3) is 2.99. The quantitative estimate of drug-likeness (QED) is 0.507. The molecule has 0 unspecified atom stereocenters. The highest BCUT2D eigenvalue weighted by atomic mass is 32.2. The second kappa shape index (κ2) is 4.60. The first-order valence-corrected chi connectivity index (χ1v) is 5.30. The van der Waals surface area contributed by atoms with Gasteiger partial charge in [0, 0.05) is 18.3 Å². The topological polar surface area (TPSA) is 60.2 Å². The van der Waals surface area contributed by atoms with Crippen molar-refractivity contribution in [1.82, 2.24) is 0 Å². The van der Waals surface area contributed by atoms with Crippen LogP contribution < -0.4 is 0 Å². The largest absolute Gasteiger partial charge is 0.288 e. The summed E-state index contributed by atoms with van der Waals surface area (Å²) in [6.45, 7) is 1.47. The van der Waals surface area contributed by atoms with E-state index in [9.17, 15) is 14.9 Å². The van der Waals surface area contributed by atoms with Crippen LogP contribution in [-0.4, -0.2) is 21.3 Å². The maximum atomic E-state index is 10.8. The van der Waals surface area contributed by atoms with Crippen LogP contribution in [0, 0.1) is 10.1 Å². The van der Waals surface area contributed by atoms with E-state index in [1.807, 2.05) is 0 Å². The number of carbonyl (C=O) groups excluding carboxylic acids is 1. The van der Waals surface area contributed by atoms with Crippen LogP contribution >= 0.6 is 11.8 Å². The second-order valence-corrected chi connectivity index (χ2v) is 4.70. The van der Waals surface area contributed by atoms with E-state index in [1.54, 1.807) is 0 Å². The van der Waals surface area contributed by atoms with Gasteiger partial charge in [0.05, 0.1) is 5.25 Å². The van der Waals surface area contributed by atoms with Gasteiger partial charge in [-0.05, 0) is 12.8 Å². The third-order valence-electron chi connectivity index (χ3n) is 2.26. The molecule has 1 saturated carbocycles. The molecule has 1 aliphatic carbocycles. The lowest BCUT2D eigenvalue weighted by Crippen LogP contribution is -2.34. The summed E-state index contributed by atoms with van der Waals surface area (Å²) in [6.07, 6.45) is 3.35. The smallest absolute Gasteiger partial charge is 0.225 e. The molecule has 0 aromatic rings. The van der Waals surface area contributed by atoms with Crippen molar-refractivity contribution in [2.24, 2.45) is 0 Å². The van der Waals surface area contributed by atoms with E-state index >= 15 is 0 Å². The Balaban J connectivity index is 2.56. The standard InChI is InChI=1S/C8H13NO3S/c1-6(10)13-8-5-3-2-4-7(8)9(11)12/h7-8H,2-5H2,1H3/t7-,8-/m0/s1. The molecule has 0 bridgehead atoms. The zero-order valence-corrected chi connectivity index (χ0v) is 8.38. The van der Waals surface area contributed by atoms with Gasteiger partial charge in [-0.1, -0.05) is 18.2 Å². The van der Waals surface area contributed by atoms with Gasteiger partial charge in [0.15, 0.2) is 5.12 Å². The van der Waals surface area contributed by atoms with Crippen molar-refractivity contribution in [3.05, 3.63) is 10.1 Å². The van der Waals surface area contributed by atoms with Crippen molar-refractivity contribution in [3.63, 3.8) is 0 Å². The average molecular weight is 203 g/mol. The third-order valence-corrected chi connectivity index (χ3v) is 3.44. The van der Waals surface area contributed by atoms with E-state index in [4.69, 9.17) is 0 Å². The minimum atomic E-state index is -0.511. The number of nitro groups is 1. The molecule has 1 fully saturated rings. The lowest BCUT2D eigenvalue weighted by atomic mass is 9.95. The number of hydrogen-bond acceptors (Lipinski definition) is 4. The summed E-state index contributed by atoms with van der Waals surface area (Å²) in [6, 6.07) is -0.511. The molecule has 0 aromatic carbocycles. The predicted molar refractivity (Wildman–Crippen MR) is 51.3 cm³/mol. The Morgan fingerprint density at radius 3 is 2.62 bits per heavy atom. The summed E-state index contributed by atoms with van der Waals surface area (Å²) in [4.78, 5) is 21.2. The van der Waals surface area contributed by atoms with Crippen molar-refractivity contribution in [2.45, 2.75) is 43.9 Å². The summed E-state index contributed by atoms with van der Waals surface area (Å²) in [5, 5.41) is 10.5. The highest BCUT2D eigenvalue weighted by Crippen LogP contribution is 2.30. The van der Waals surface area contributed by atoms with Crippen molar-refractivity contribution < 1.29 is 9.72 Å². The lowest BCUT2D eigenvalue weighted by molar-refractivity contribution is -0.524. The van der Waals surface area contributed by atoms with Gasteiger partial charge in [-0.3, -0.25) is 14.9 Å². The maximum Gasteiger partial charge on any atom is 0.225 e. The average Bonchev–Trinajstić information content (AvgIpc) is 2.03. The molecule has 0 spiro atoms. The lowest BCUT2D eigenvalue weighted by Gasteiger charge is -2.23. The number of hydrogen-bond donors (Lipinski definition) is 0. The Hall–Kier alpha value is -0.580. The van der Waals surface area contributed by atoms with E-state index in [0.29, 0.717) is 6.42 Å². The number of thioether (sulfide) groups is 1. The van der Waals surface area contributed by atoms with Crippen molar-refractivity contribution in [3.8, 4) is 0 Å². The minimum absolute atomic E-state index is 0.0150. The van der Waals surface area contributed by atoms with Gasteiger partial charge in [0.1, 0.15) is 0 Å². The fourth-order valence-corrected chi connectivity index (χ4v) is 2.77. The molecule has 0 N–H and O–H groups in total. The Kier molecular flexibility index (Phi) is 3.71. The highest BCUT2D eigenvalue weighted by molar-refractivity contribution is 8.14. The zero-order chi connectivity index (χ0) is 9.84. The summed E-state index contributed by atoms with van der Waals surface area (Å²) >= 11 is 1.13. The van der Waals surface area contributed by atoms with E-state index in [1.165, 1.54) is 6.92 Å². The van der Waals surface area contributed by atoms with Crippen LogP contribution in [0.3, 0.4) is 0 Å². The van der Waals surface area contributed by atoms with Gasteiger partial charge in [-0.25, -0.2) is 0 Å². The molecule has 5 heteroatoms. The number of rotatable bonds is 2. The first-order chi connectivity index (χ1) is 6.11. The van der Waals surface area contributed by atoms with Crippen LogP contribution in [0.25, 0.3) is 0 Å². The summed E-state index contributed by atoms with van der Waals surface area (Å²) in [7, 11) is 0. The molecule has 1 rings (SSSR count). The van der Waals surface area contributed by atoms with Crippen LogP contribution in [0.2, 0.25) is 0 Å². The molecule has 74 valence electrons. The van der Waals surface area contributed by atoms with E-state index in [2.05, 4.69) is 0 Å². The Morgan fingerprint density at radius 1 is 1.46 bits per heavy atom. The Bertz CT molecular complexity index is 219. The van der Waals surface area contributed by atoms with E-state index < -0.39 is 6.04 Å². The molecule has 0 saturated heterocycles. The fourth-order valence-electron chi connectivity index (χ4n) is 1.67. The molecule has 1 aliphatic rings. The van der Waals surface area contributed by atoms with Gasteiger partial charge < -0.3 is 0 Å². The second-order valence-electron chi connectivity index (χ2n) is 3.29. The molecule has 0 heterocycles. The first kappa shape index (κ1) is 10.5. The first-order valence-electron chi connectivity index (χ1n) is 4.42. The zero-order valence-electron chi connectivity index (χ0n) is 7.56. The molecular formula is C8H13NO3S. The predicted octanol–water partition coefficient (Wildman–Crippen LogP) is 1.85. The Morgan fingerprint density at radius 2 is 2.08 bits per heavy atom. The van der Waals surface area contributed by atoms with Gasteiger partial charge >= 0.3 is 0 Å². The SMILES string of the molecule is CC(=O)S[C@H]1CCCC[C@@H]1[N+](=O)[O-]. The van der Waals surface area contributed by atoms with Gasteiger partial charge in [-0.15, -0.1) is 0 Å². The monoisotopic (exact) mass is 203 g/mol. The Labute approximate surface area is 81.2 Å². The van der Waals surface area contributed by atoms with Crippen LogP contribution in [-0.2, 0) is 4.79 Å². The van der Waals surface area contributed by atoms with Gasteiger partial charge in [0.25, 0.3) is 0 Å². The van der Waals surface area contributed by atoms with Gasteiger partial charge in [0.2, 0.25) is 6.04 Å². The number of carbonyl (C=O) groups is 1. The van der Waals surface area contributed by atoms with E-state index in [-0.39, 0.29) is 15.3 Å². The van der Waals surface area contributed by atoms with E-state index in [0.717, 1.165) is 31.0 Å². The maximum absolute atomic E-state index is 10.8. The molecule has 2 atom stereocenters. The van der Waals surface area contributed by atoms with Crippen molar-refractivity contribution >= 4 is 16.9 Å². The molecule has 13 heavy (non-hydrogen) atoms. The summed E-state index contributed by atoms with van der Waals surface area (Å²) in [5.74, 6) is 0. The summed E-state index contributed by atoms with van der Waals surface area (Å²) < 4.78 is 0. The van der Waals surface area contributed by atoms with Crippen molar-refractivity contribution in [1.29, 1.82) is 0 Å². The van der Waals surface area contributed by atoms with Crippen LogP contribution in [0.15, 0.2) is 0 Å². The van der Waals surface area contributed by atoms with Crippen LogP contribution in [0.1, 0.15) is 32.6 Å². The normalized spacial score (nSPS) is 28.4. The number of nitrogens with zero attached hydrogens (tertiary/aromatic N) is 1. The molecule has 0 radical (unpaired) electrons. The molecule has 0 aromatic heterocycles. The van der Waals surface area contributed by atoms with Crippen LogP contribution in [0.4, 0.5) is 0 Å². The molecule has 4 nitrogen and oxygen atoms in total. The molecule has 0 amide bonds. The minimum Gasteiger partial charge on any atom is -0.288 e. The highest BCUT2D eigenvalue weighted by Gasteiger charge is 2.35.